The number of halogens is 2. The maximum absolute atomic E-state index is 12.8. The van der Waals surface area contributed by atoms with Gasteiger partial charge in [-0.3, -0.25) is 4.79 Å². The monoisotopic (exact) mass is 468 g/mol. The lowest BCUT2D eigenvalue weighted by Crippen LogP contribution is -2.48. The third-order valence-corrected chi connectivity index (χ3v) is 6.66. The zero-order chi connectivity index (χ0) is 21.7. The van der Waals surface area contributed by atoms with E-state index < -0.39 is 16.1 Å². The van der Waals surface area contributed by atoms with Gasteiger partial charge in [-0.2, -0.15) is 4.68 Å². The number of hydrogen-bond acceptors (Lipinski definition) is 5. The minimum absolute atomic E-state index is 0.0976. The Morgan fingerprint density at radius 1 is 1.13 bits per heavy atom. The third-order valence-electron chi connectivity index (χ3n) is 4.46. The number of tetrazole rings is 1. The summed E-state index contributed by atoms with van der Waals surface area (Å²) in [7, 11) is -3.82. The summed E-state index contributed by atoms with van der Waals surface area (Å²) in [5.74, 6) is -0.346. The van der Waals surface area contributed by atoms with Crippen LogP contribution in [0.15, 0.2) is 59.8 Å². The van der Waals surface area contributed by atoms with Crippen LogP contribution < -0.4 is 9.40 Å². The number of Topliss-reactive ketones (excluding diaryl/α,β-unsaturated/α-hetero) is 1. The highest BCUT2D eigenvalue weighted by atomic mass is 35.5. The second-order valence-electron chi connectivity index (χ2n) is 6.51. The predicted molar refractivity (Wildman–Crippen MR) is 112 cm³/mol. The van der Waals surface area contributed by atoms with Crippen LogP contribution >= 0.6 is 23.2 Å². The second-order valence-corrected chi connectivity index (χ2v) is 9.04. The van der Waals surface area contributed by atoms with Gasteiger partial charge in [0.05, 0.1) is 10.9 Å². The number of nitrogens with one attached hydrogen (secondary N) is 1. The summed E-state index contributed by atoms with van der Waals surface area (Å²) in [6.45, 7) is 1.82. The summed E-state index contributed by atoms with van der Waals surface area (Å²) in [4.78, 5) is 14.3. The molecule has 8 nitrogen and oxygen atoms in total. The fourth-order valence-corrected chi connectivity index (χ4v) is 4.67. The topological polar surface area (TPSA) is 97.8 Å². The van der Waals surface area contributed by atoms with Gasteiger partial charge in [-0.1, -0.05) is 59.2 Å². The molecule has 0 aliphatic heterocycles. The fourth-order valence-electron chi connectivity index (χ4n) is 2.82. The van der Waals surface area contributed by atoms with Crippen molar-refractivity contribution < 1.29 is 17.9 Å². The van der Waals surface area contributed by atoms with E-state index >= 15 is 0 Å². The third kappa shape index (κ3) is 5.23. The largest absolute Gasteiger partial charge is 0.296 e. The molecule has 1 N–H and O–H groups in total. The number of carbonyl (C=O) groups excluding carboxylic acids is 1. The van der Waals surface area contributed by atoms with E-state index in [-0.39, 0.29) is 30.2 Å². The van der Waals surface area contributed by atoms with Gasteiger partial charge in [0.25, 0.3) is 6.33 Å². The van der Waals surface area contributed by atoms with Crippen molar-refractivity contribution in [3.63, 3.8) is 0 Å². The summed E-state index contributed by atoms with van der Waals surface area (Å²) in [6, 6.07) is 12.2. The molecule has 0 saturated carbocycles. The fraction of sp³-hybridized carbons (Fsp3) is 0.263. The average molecular weight is 469 g/mol. The van der Waals surface area contributed by atoms with Crippen LogP contribution in [0.4, 0.5) is 0 Å². The molecule has 30 heavy (non-hydrogen) atoms. The highest BCUT2D eigenvalue weighted by molar-refractivity contribution is 7.89. The van der Waals surface area contributed by atoms with Crippen molar-refractivity contribution in [2.45, 2.75) is 37.4 Å². The van der Waals surface area contributed by atoms with Gasteiger partial charge >= 0.3 is 0 Å². The Morgan fingerprint density at radius 2 is 1.80 bits per heavy atom. The number of nitrogens with zero attached hydrogens (tertiary/aromatic N) is 4. The summed E-state index contributed by atoms with van der Waals surface area (Å²) < 4.78 is 29.2. The number of aromatic nitrogens is 4. The van der Waals surface area contributed by atoms with Gasteiger partial charge in [-0.05, 0) is 30.7 Å². The lowest BCUT2D eigenvalue weighted by molar-refractivity contribution is -0.772. The van der Waals surface area contributed by atoms with Crippen LogP contribution in [0.25, 0.3) is 0 Å². The van der Waals surface area contributed by atoms with Crippen molar-refractivity contribution in [2.75, 3.05) is 0 Å². The molecule has 0 bridgehead atoms. The molecule has 0 saturated heterocycles. The Kier molecular flexibility index (Phi) is 7.19. The quantitative estimate of drug-likeness (QED) is 0.485. The Hall–Kier alpha value is -2.33. The van der Waals surface area contributed by atoms with Gasteiger partial charge in [-0.25, -0.2) is 13.1 Å². The first-order valence-corrected chi connectivity index (χ1v) is 11.4. The molecule has 158 valence electrons. The first kappa shape index (κ1) is 22.4. The number of ketones is 1. The Bertz CT molecular complexity index is 1120. The van der Waals surface area contributed by atoms with Gasteiger partial charge in [0.1, 0.15) is 18.2 Å². The standard InChI is InChI=1S/C19H20Cl2N5O3S/c1-2-18(23-30(28,29)14-7-4-3-5-8-14)19(27)12-26-24-22-13-25(26)11-15-16(20)9-6-10-17(15)21/h3-10,13,18,23H,2,11-12H2,1H3/q+1. The molecular weight excluding hydrogens is 449 g/mol. The molecule has 11 heteroatoms. The van der Waals surface area contributed by atoms with Gasteiger partial charge < -0.3 is 0 Å². The van der Waals surface area contributed by atoms with Gasteiger partial charge in [0.15, 0.2) is 11.0 Å². The van der Waals surface area contributed by atoms with Crippen LogP contribution in [0.1, 0.15) is 18.9 Å². The molecule has 2 aromatic carbocycles. The van der Waals surface area contributed by atoms with Crippen LogP contribution in [0.3, 0.4) is 0 Å². The summed E-state index contributed by atoms with van der Waals surface area (Å²) in [5.41, 5.74) is 0.665. The minimum Gasteiger partial charge on any atom is -0.296 e. The van der Waals surface area contributed by atoms with Crippen molar-refractivity contribution in [3.8, 4) is 0 Å². The molecule has 0 radical (unpaired) electrons. The van der Waals surface area contributed by atoms with Gasteiger partial charge in [0, 0.05) is 15.6 Å². The maximum atomic E-state index is 12.8. The molecule has 0 fully saturated rings. The molecule has 1 heterocycles. The first-order valence-electron chi connectivity index (χ1n) is 9.13. The molecular formula is C19H20Cl2N5O3S+. The number of benzene rings is 2. The Morgan fingerprint density at radius 3 is 2.43 bits per heavy atom. The molecule has 0 aliphatic carbocycles. The van der Waals surface area contributed by atoms with E-state index in [1.54, 1.807) is 48.0 Å². The van der Waals surface area contributed by atoms with Crippen molar-refractivity contribution in [2.24, 2.45) is 0 Å². The van der Waals surface area contributed by atoms with Gasteiger partial charge in [-0.15, -0.1) is 0 Å². The highest BCUT2D eigenvalue weighted by Gasteiger charge is 2.27. The van der Waals surface area contributed by atoms with Crippen LogP contribution in [-0.2, 0) is 27.9 Å². The lowest BCUT2D eigenvalue weighted by atomic mass is 10.1. The zero-order valence-electron chi connectivity index (χ0n) is 16.1. The van der Waals surface area contributed by atoms with Crippen LogP contribution in [0.2, 0.25) is 10.0 Å². The summed E-state index contributed by atoms with van der Waals surface area (Å²) in [5, 5.41) is 8.73. The maximum Gasteiger partial charge on any atom is 0.288 e. The van der Waals surface area contributed by atoms with E-state index in [2.05, 4.69) is 15.0 Å². The van der Waals surface area contributed by atoms with Crippen LogP contribution in [0.5, 0.6) is 0 Å². The normalized spacial score (nSPS) is 12.6. The minimum atomic E-state index is -3.82. The summed E-state index contributed by atoms with van der Waals surface area (Å²) in [6.07, 6.45) is 1.73. The van der Waals surface area contributed by atoms with E-state index in [1.165, 1.54) is 23.3 Å². The molecule has 0 spiro atoms. The average Bonchev–Trinajstić information content (AvgIpc) is 3.16. The number of sulfonamides is 1. The smallest absolute Gasteiger partial charge is 0.288 e. The van der Waals surface area contributed by atoms with E-state index in [0.717, 1.165) is 0 Å². The number of hydrogen-bond donors (Lipinski definition) is 1. The van der Waals surface area contributed by atoms with E-state index in [4.69, 9.17) is 23.2 Å². The van der Waals surface area contributed by atoms with Crippen molar-refractivity contribution in [1.29, 1.82) is 0 Å². The molecule has 3 rings (SSSR count). The SMILES string of the molecule is CCC(NS(=O)(=O)c1ccccc1)C(=O)Cn1nnc[n+]1Cc1c(Cl)cccc1Cl. The number of carbonyl (C=O) groups is 1. The van der Waals surface area contributed by atoms with E-state index in [1.807, 2.05) is 0 Å². The Labute approximate surface area is 184 Å². The zero-order valence-corrected chi connectivity index (χ0v) is 18.4. The van der Waals surface area contributed by atoms with E-state index in [0.29, 0.717) is 15.6 Å². The van der Waals surface area contributed by atoms with Gasteiger partial charge in [0.2, 0.25) is 10.0 Å². The van der Waals surface area contributed by atoms with Crippen molar-refractivity contribution in [3.05, 3.63) is 70.5 Å². The lowest BCUT2D eigenvalue weighted by Gasteiger charge is -2.15. The van der Waals surface area contributed by atoms with E-state index in [9.17, 15) is 13.2 Å². The molecule has 1 unspecified atom stereocenters. The molecule has 1 aromatic heterocycles. The van der Waals surface area contributed by atoms with Crippen molar-refractivity contribution in [1.82, 2.24) is 19.8 Å². The predicted octanol–water partition coefficient (Wildman–Crippen LogP) is 2.25. The highest BCUT2D eigenvalue weighted by Crippen LogP contribution is 2.23. The van der Waals surface area contributed by atoms with Crippen molar-refractivity contribution >= 4 is 39.0 Å². The first-order chi connectivity index (χ1) is 14.3. The van der Waals surface area contributed by atoms with Crippen LogP contribution in [0, 0.1) is 0 Å². The molecule has 1 atom stereocenters. The summed E-state index contributed by atoms with van der Waals surface area (Å²) >= 11 is 12.4. The van der Waals surface area contributed by atoms with Crippen LogP contribution in [-0.4, -0.2) is 35.4 Å². The molecule has 0 aliphatic rings. The molecule has 3 aromatic rings. The number of rotatable bonds is 9. The second kappa shape index (κ2) is 9.65. The molecule has 0 amide bonds. The Balaban J connectivity index is 1.75.